The van der Waals surface area contributed by atoms with Crippen molar-refractivity contribution in [2.24, 2.45) is 7.05 Å². The second-order valence-corrected chi connectivity index (χ2v) is 2.00. The molecule has 1 heterocycles. The highest BCUT2D eigenvalue weighted by Gasteiger charge is 1.78. The van der Waals surface area contributed by atoms with Gasteiger partial charge in [0.15, 0.2) is 12.4 Å². The lowest BCUT2D eigenvalue weighted by atomic mass is 10.5. The molecule has 0 amide bonds. The van der Waals surface area contributed by atoms with Crippen LogP contribution in [0.4, 0.5) is 4.79 Å². The van der Waals surface area contributed by atoms with Crippen LogP contribution in [-0.4, -0.2) is 13.3 Å². The van der Waals surface area contributed by atoms with Crippen molar-refractivity contribution in [1.82, 2.24) is 0 Å². The van der Waals surface area contributed by atoms with E-state index in [4.69, 9.17) is 9.90 Å². The van der Waals surface area contributed by atoms with Crippen molar-refractivity contribution >= 4 is 6.16 Å². The summed E-state index contributed by atoms with van der Waals surface area (Å²) in [7, 11) is 3.04. The molecule has 0 fully saturated rings. The first kappa shape index (κ1) is 10.4. The van der Waals surface area contributed by atoms with Crippen molar-refractivity contribution in [3.8, 4) is 0 Å². The Labute approximate surface area is 71.0 Å². The van der Waals surface area contributed by atoms with Gasteiger partial charge in [-0.1, -0.05) is 6.07 Å². The Morgan fingerprint density at radius 3 is 1.92 bits per heavy atom. The first-order valence-corrected chi connectivity index (χ1v) is 3.32. The van der Waals surface area contributed by atoms with E-state index in [0.717, 1.165) is 7.11 Å². The van der Waals surface area contributed by atoms with Crippen LogP contribution in [0.2, 0.25) is 0 Å². The molecule has 0 spiro atoms. The Balaban J connectivity index is 0.000000217. The molecule has 0 bridgehead atoms. The maximum atomic E-state index is 9.03. The van der Waals surface area contributed by atoms with Gasteiger partial charge < -0.3 is 14.6 Å². The number of ether oxygens (including phenoxy) is 1. The number of rotatable bonds is 0. The quantitative estimate of drug-likeness (QED) is 0.388. The SMILES string of the molecule is COC(=O)[O-].C[n+]1ccccc1. The number of aromatic nitrogens is 1. The van der Waals surface area contributed by atoms with Crippen LogP contribution in [0.15, 0.2) is 30.6 Å². The Kier molecular flexibility index (Phi) is 5.34. The average Bonchev–Trinajstić information content (AvgIpc) is 2.07. The summed E-state index contributed by atoms with van der Waals surface area (Å²) in [5.74, 6) is 0. The Morgan fingerprint density at radius 2 is 1.75 bits per heavy atom. The number of hydrogen-bond donors (Lipinski definition) is 0. The zero-order chi connectivity index (χ0) is 9.40. The molecule has 0 atom stereocenters. The van der Waals surface area contributed by atoms with E-state index in [0.29, 0.717) is 0 Å². The summed E-state index contributed by atoms with van der Waals surface area (Å²) in [4.78, 5) is 9.03. The van der Waals surface area contributed by atoms with Crippen LogP contribution < -0.4 is 9.67 Å². The number of pyridine rings is 1. The van der Waals surface area contributed by atoms with Crippen molar-refractivity contribution in [1.29, 1.82) is 0 Å². The topological polar surface area (TPSA) is 53.2 Å². The van der Waals surface area contributed by atoms with Crippen LogP contribution in [0.5, 0.6) is 0 Å². The molecule has 66 valence electrons. The average molecular weight is 169 g/mol. The lowest BCUT2D eigenvalue weighted by Crippen LogP contribution is -2.25. The van der Waals surface area contributed by atoms with Crippen LogP contribution >= 0.6 is 0 Å². The van der Waals surface area contributed by atoms with Gasteiger partial charge >= 0.3 is 0 Å². The molecule has 1 aromatic heterocycles. The standard InChI is InChI=1S/C6H8N.C2H4O3/c1-7-5-3-2-4-6-7;1-5-2(3)4/h2-6H,1H3;1H3,(H,3,4)/q+1;/p-1. The van der Waals surface area contributed by atoms with Gasteiger partial charge in [0.05, 0.1) is 0 Å². The van der Waals surface area contributed by atoms with E-state index in [-0.39, 0.29) is 0 Å². The fourth-order valence-electron chi connectivity index (χ4n) is 0.485. The van der Waals surface area contributed by atoms with E-state index in [1.807, 2.05) is 42.2 Å². The van der Waals surface area contributed by atoms with E-state index in [9.17, 15) is 0 Å². The molecule has 0 unspecified atom stereocenters. The lowest BCUT2D eigenvalue weighted by molar-refractivity contribution is -0.671. The monoisotopic (exact) mass is 169 g/mol. The molecule has 12 heavy (non-hydrogen) atoms. The smallest absolute Gasteiger partial charge is 0.251 e. The highest BCUT2D eigenvalue weighted by Crippen LogP contribution is 1.71. The fourth-order valence-corrected chi connectivity index (χ4v) is 0.485. The summed E-state index contributed by atoms with van der Waals surface area (Å²) < 4.78 is 5.56. The van der Waals surface area contributed by atoms with Crippen LogP contribution in [0.25, 0.3) is 0 Å². The van der Waals surface area contributed by atoms with Crippen molar-refractivity contribution in [2.45, 2.75) is 0 Å². The first-order valence-electron chi connectivity index (χ1n) is 3.32. The van der Waals surface area contributed by atoms with Gasteiger partial charge in [-0.15, -0.1) is 0 Å². The molecular formula is C8H11NO3. The second kappa shape index (κ2) is 6.15. The Morgan fingerprint density at radius 1 is 1.33 bits per heavy atom. The zero-order valence-electron chi connectivity index (χ0n) is 7.06. The van der Waals surface area contributed by atoms with Crippen molar-refractivity contribution in [3.63, 3.8) is 0 Å². The highest BCUT2D eigenvalue weighted by molar-refractivity contribution is 5.53. The lowest BCUT2D eigenvalue weighted by Gasteiger charge is -1.92. The van der Waals surface area contributed by atoms with Crippen LogP contribution in [-0.2, 0) is 11.8 Å². The minimum absolute atomic E-state index is 1.04. The van der Waals surface area contributed by atoms with Crippen LogP contribution in [0.3, 0.4) is 0 Å². The molecule has 4 nitrogen and oxygen atoms in total. The van der Waals surface area contributed by atoms with Gasteiger partial charge in [-0.25, -0.2) is 4.57 Å². The first-order chi connectivity index (χ1) is 5.66. The maximum Gasteiger partial charge on any atom is 0.251 e. The van der Waals surface area contributed by atoms with Gasteiger partial charge in [0.2, 0.25) is 0 Å². The molecule has 0 aliphatic heterocycles. The number of carbonyl (C=O) groups is 1. The van der Waals surface area contributed by atoms with Crippen molar-refractivity contribution in [2.75, 3.05) is 7.11 Å². The molecule has 1 rings (SSSR count). The van der Waals surface area contributed by atoms with Crippen LogP contribution in [0, 0.1) is 0 Å². The van der Waals surface area contributed by atoms with Crippen molar-refractivity contribution in [3.05, 3.63) is 30.6 Å². The number of aryl methyl sites for hydroxylation is 1. The molecule has 0 aliphatic carbocycles. The van der Waals surface area contributed by atoms with Gasteiger partial charge in [-0.05, 0) is 0 Å². The normalized spacial score (nSPS) is 7.83. The zero-order valence-corrected chi connectivity index (χ0v) is 7.06. The van der Waals surface area contributed by atoms with E-state index >= 15 is 0 Å². The van der Waals surface area contributed by atoms with E-state index in [2.05, 4.69) is 4.74 Å². The fraction of sp³-hybridized carbons (Fsp3) is 0.250. The number of carbonyl (C=O) groups excluding carboxylic acids is 1. The maximum absolute atomic E-state index is 9.03. The molecule has 4 heteroatoms. The van der Waals surface area contributed by atoms with Gasteiger partial charge in [0.1, 0.15) is 7.05 Å². The second-order valence-electron chi connectivity index (χ2n) is 2.00. The third-order valence-electron chi connectivity index (χ3n) is 1.03. The molecule has 1 aromatic rings. The van der Waals surface area contributed by atoms with E-state index < -0.39 is 6.16 Å². The summed E-state index contributed by atoms with van der Waals surface area (Å²) in [6.07, 6.45) is 2.50. The predicted octanol–water partition coefficient (Wildman–Crippen LogP) is -0.513. The highest BCUT2D eigenvalue weighted by atomic mass is 16.6. The van der Waals surface area contributed by atoms with Gasteiger partial charge in [-0.3, -0.25) is 0 Å². The van der Waals surface area contributed by atoms with Crippen molar-refractivity contribution < 1.29 is 19.2 Å². The van der Waals surface area contributed by atoms with Gasteiger partial charge in [-0.2, -0.15) is 0 Å². The number of carboxylic acid groups (broad SMARTS) is 1. The number of methoxy groups -OCH3 is 1. The molecule has 0 aromatic carbocycles. The van der Waals surface area contributed by atoms with E-state index in [1.54, 1.807) is 0 Å². The largest absolute Gasteiger partial charge is 0.553 e. The number of nitrogens with zero attached hydrogens (tertiary/aromatic N) is 1. The summed E-state index contributed by atoms with van der Waals surface area (Å²) in [5, 5.41) is 9.03. The van der Waals surface area contributed by atoms with E-state index in [1.165, 1.54) is 0 Å². The molecular weight excluding hydrogens is 158 g/mol. The summed E-state index contributed by atoms with van der Waals surface area (Å²) in [6.45, 7) is 0. The van der Waals surface area contributed by atoms with Crippen LogP contribution in [0.1, 0.15) is 0 Å². The Bertz CT molecular complexity index is 223. The van der Waals surface area contributed by atoms with Gasteiger partial charge in [0.25, 0.3) is 6.16 Å². The van der Waals surface area contributed by atoms with Gasteiger partial charge in [0, 0.05) is 19.2 Å². The third-order valence-corrected chi connectivity index (χ3v) is 1.03. The minimum atomic E-state index is -1.50. The Hall–Kier alpha value is -1.58. The molecule has 0 N–H and O–H groups in total. The minimum Gasteiger partial charge on any atom is -0.553 e. The molecule has 0 saturated heterocycles. The third kappa shape index (κ3) is 6.54. The molecule has 0 radical (unpaired) electrons. The molecule has 0 saturated carbocycles. The number of hydrogen-bond acceptors (Lipinski definition) is 3. The summed E-state index contributed by atoms with van der Waals surface area (Å²) >= 11 is 0. The summed E-state index contributed by atoms with van der Waals surface area (Å²) in [6, 6.07) is 6.00. The molecule has 0 aliphatic rings. The summed E-state index contributed by atoms with van der Waals surface area (Å²) in [5.41, 5.74) is 0. The predicted molar refractivity (Wildman–Crippen MR) is 40.0 cm³/mol.